The van der Waals surface area contributed by atoms with Gasteiger partial charge in [-0.2, -0.15) is 0 Å². The Hall–Kier alpha value is -2.81. The lowest BCUT2D eigenvalue weighted by molar-refractivity contribution is 0.449. The smallest absolute Gasteiger partial charge is 0.201 e. The molecule has 2 heterocycles. The first-order valence-electron chi connectivity index (χ1n) is 6.89. The highest BCUT2D eigenvalue weighted by Gasteiger charge is 2.22. The number of para-hydroxylation sites is 3. The third-order valence-electron chi connectivity index (χ3n) is 3.73. The molecule has 0 saturated carbocycles. The first-order chi connectivity index (χ1) is 10.3. The van der Waals surface area contributed by atoms with E-state index in [0.29, 0.717) is 0 Å². The molecule has 1 aromatic heterocycles. The van der Waals surface area contributed by atoms with Crippen LogP contribution in [0.5, 0.6) is 5.75 Å². The fraction of sp³-hybridized carbons (Fsp3) is 0.0556. The van der Waals surface area contributed by atoms with E-state index in [-0.39, 0.29) is 0 Å². The van der Waals surface area contributed by atoms with E-state index in [0.717, 1.165) is 33.8 Å². The molecule has 102 valence electrons. The molecule has 1 aliphatic rings. The van der Waals surface area contributed by atoms with Gasteiger partial charge in [0.2, 0.25) is 5.88 Å². The van der Waals surface area contributed by atoms with Crippen molar-refractivity contribution in [1.82, 2.24) is 4.98 Å². The lowest BCUT2D eigenvalue weighted by atomic mass is 10.1. The predicted molar refractivity (Wildman–Crippen MR) is 85.2 cm³/mol. The lowest BCUT2D eigenvalue weighted by Gasteiger charge is -2.11. The van der Waals surface area contributed by atoms with Crippen molar-refractivity contribution in [3.63, 3.8) is 0 Å². The van der Waals surface area contributed by atoms with Crippen molar-refractivity contribution in [3.05, 3.63) is 72.2 Å². The molecule has 4 rings (SSSR count). The highest BCUT2D eigenvalue weighted by atomic mass is 16.5. The van der Waals surface area contributed by atoms with Crippen LogP contribution in [-0.2, 0) is 0 Å². The number of anilines is 1. The second-order valence-corrected chi connectivity index (χ2v) is 5.03. The number of fused-ring (bicyclic) bond motifs is 2. The zero-order valence-electron chi connectivity index (χ0n) is 11.7. The molecule has 1 aliphatic heterocycles. The summed E-state index contributed by atoms with van der Waals surface area (Å²) >= 11 is 0. The summed E-state index contributed by atoms with van der Waals surface area (Å²) in [5.41, 5.74) is 3.18. The van der Waals surface area contributed by atoms with Crippen LogP contribution in [0, 0.1) is 0 Å². The monoisotopic (exact) mass is 274 g/mol. The van der Waals surface area contributed by atoms with E-state index in [9.17, 15) is 0 Å². The molecule has 0 atom stereocenters. The molecule has 0 radical (unpaired) electrons. The van der Waals surface area contributed by atoms with E-state index in [1.807, 2.05) is 55.7 Å². The third kappa shape index (κ3) is 1.94. The largest absolute Gasteiger partial charge is 0.439 e. The first-order valence-corrected chi connectivity index (χ1v) is 6.89. The van der Waals surface area contributed by atoms with Crippen LogP contribution in [0.25, 0.3) is 17.0 Å². The van der Waals surface area contributed by atoms with Crippen molar-refractivity contribution < 1.29 is 4.74 Å². The van der Waals surface area contributed by atoms with Gasteiger partial charge in [-0.25, -0.2) is 0 Å². The minimum Gasteiger partial charge on any atom is -0.439 e. The summed E-state index contributed by atoms with van der Waals surface area (Å²) in [5.74, 6) is 1.72. The molecule has 0 saturated heterocycles. The molecular formula is C18H14N2O. The van der Waals surface area contributed by atoms with Crippen molar-refractivity contribution in [2.75, 3.05) is 11.9 Å². The second-order valence-electron chi connectivity index (χ2n) is 5.03. The van der Waals surface area contributed by atoms with Crippen LogP contribution in [0.1, 0.15) is 5.56 Å². The van der Waals surface area contributed by atoms with Crippen molar-refractivity contribution in [2.24, 2.45) is 0 Å². The van der Waals surface area contributed by atoms with Crippen molar-refractivity contribution in [2.45, 2.75) is 0 Å². The maximum Gasteiger partial charge on any atom is 0.201 e. The SMILES string of the molecule is CN1C(=Cc2ccnc3ccccc23)Oc2ccccc21. The van der Waals surface area contributed by atoms with Gasteiger partial charge in [0.1, 0.15) is 0 Å². The van der Waals surface area contributed by atoms with Gasteiger partial charge in [-0.15, -0.1) is 0 Å². The van der Waals surface area contributed by atoms with Crippen LogP contribution in [0.15, 0.2) is 66.7 Å². The molecule has 3 nitrogen and oxygen atoms in total. The predicted octanol–water partition coefficient (Wildman–Crippen LogP) is 4.06. The Kier molecular flexibility index (Phi) is 2.64. The number of hydrogen-bond acceptors (Lipinski definition) is 3. The second kappa shape index (κ2) is 4.63. The van der Waals surface area contributed by atoms with Crippen LogP contribution in [0.2, 0.25) is 0 Å². The molecule has 21 heavy (non-hydrogen) atoms. The minimum absolute atomic E-state index is 0.826. The summed E-state index contributed by atoms with van der Waals surface area (Å²) in [5, 5.41) is 1.13. The summed E-state index contributed by atoms with van der Waals surface area (Å²) in [7, 11) is 2.01. The number of pyridine rings is 1. The normalized spacial score (nSPS) is 15.3. The van der Waals surface area contributed by atoms with E-state index >= 15 is 0 Å². The van der Waals surface area contributed by atoms with Gasteiger partial charge in [0.25, 0.3) is 0 Å². The number of ether oxygens (including phenoxy) is 1. The Labute approximate surface area is 123 Å². The fourth-order valence-electron chi connectivity index (χ4n) is 2.62. The average Bonchev–Trinajstić information content (AvgIpc) is 2.85. The molecule has 2 aromatic carbocycles. The summed E-state index contributed by atoms with van der Waals surface area (Å²) in [6, 6.07) is 18.2. The Bertz CT molecular complexity index is 849. The summed E-state index contributed by atoms with van der Waals surface area (Å²) in [6.45, 7) is 0. The van der Waals surface area contributed by atoms with Gasteiger partial charge < -0.3 is 9.64 Å². The molecule has 3 heteroatoms. The van der Waals surface area contributed by atoms with Gasteiger partial charge in [0, 0.05) is 24.7 Å². The summed E-state index contributed by atoms with van der Waals surface area (Å²) < 4.78 is 5.94. The van der Waals surface area contributed by atoms with Gasteiger partial charge in [-0.05, 0) is 29.8 Å². The minimum atomic E-state index is 0.826. The lowest BCUT2D eigenvalue weighted by Crippen LogP contribution is -2.12. The number of aromatic nitrogens is 1. The number of nitrogens with zero attached hydrogens (tertiary/aromatic N) is 2. The van der Waals surface area contributed by atoms with E-state index in [1.54, 1.807) is 0 Å². The standard InChI is InChI=1S/C18H14N2O/c1-20-16-8-4-5-9-17(16)21-18(20)12-13-10-11-19-15-7-3-2-6-14(13)15/h2-12H,1H3. The quantitative estimate of drug-likeness (QED) is 0.669. The average molecular weight is 274 g/mol. The van der Waals surface area contributed by atoms with E-state index < -0.39 is 0 Å². The van der Waals surface area contributed by atoms with E-state index in [4.69, 9.17) is 4.74 Å². The highest BCUT2D eigenvalue weighted by molar-refractivity contribution is 5.88. The number of hydrogen-bond donors (Lipinski definition) is 0. The molecule has 0 fully saturated rings. The Morgan fingerprint density at radius 2 is 1.81 bits per heavy atom. The van der Waals surface area contributed by atoms with Crippen LogP contribution >= 0.6 is 0 Å². The first kappa shape index (κ1) is 12.0. The van der Waals surface area contributed by atoms with Gasteiger partial charge in [-0.1, -0.05) is 30.3 Å². The Balaban J connectivity index is 1.82. The molecule has 0 bridgehead atoms. The number of benzene rings is 2. The van der Waals surface area contributed by atoms with Gasteiger partial charge in [0.15, 0.2) is 5.75 Å². The van der Waals surface area contributed by atoms with Gasteiger partial charge in [0.05, 0.1) is 11.2 Å². The van der Waals surface area contributed by atoms with Crippen LogP contribution in [0.4, 0.5) is 5.69 Å². The molecule has 0 amide bonds. The van der Waals surface area contributed by atoms with Gasteiger partial charge in [-0.3, -0.25) is 4.98 Å². The Morgan fingerprint density at radius 1 is 1.00 bits per heavy atom. The molecular weight excluding hydrogens is 260 g/mol. The summed E-state index contributed by atoms with van der Waals surface area (Å²) in [6.07, 6.45) is 3.89. The van der Waals surface area contributed by atoms with Crippen LogP contribution in [-0.4, -0.2) is 12.0 Å². The third-order valence-corrected chi connectivity index (χ3v) is 3.73. The molecule has 0 spiro atoms. The van der Waals surface area contributed by atoms with Crippen molar-refractivity contribution in [1.29, 1.82) is 0 Å². The molecule has 0 N–H and O–H groups in total. The topological polar surface area (TPSA) is 25.4 Å². The van der Waals surface area contributed by atoms with Crippen molar-refractivity contribution in [3.8, 4) is 5.75 Å². The zero-order valence-corrected chi connectivity index (χ0v) is 11.7. The molecule has 0 unspecified atom stereocenters. The van der Waals surface area contributed by atoms with Crippen molar-refractivity contribution >= 4 is 22.7 Å². The van der Waals surface area contributed by atoms with Crippen LogP contribution in [0.3, 0.4) is 0 Å². The molecule has 0 aliphatic carbocycles. The van der Waals surface area contributed by atoms with E-state index in [2.05, 4.69) is 28.1 Å². The molecule has 3 aromatic rings. The zero-order chi connectivity index (χ0) is 14.2. The maximum atomic E-state index is 5.94. The highest BCUT2D eigenvalue weighted by Crippen LogP contribution is 2.38. The summed E-state index contributed by atoms with van der Waals surface area (Å²) in [4.78, 5) is 6.45. The Morgan fingerprint density at radius 3 is 2.71 bits per heavy atom. The number of rotatable bonds is 1. The van der Waals surface area contributed by atoms with Gasteiger partial charge >= 0.3 is 0 Å². The van der Waals surface area contributed by atoms with E-state index in [1.165, 1.54) is 0 Å². The van der Waals surface area contributed by atoms with Crippen LogP contribution < -0.4 is 9.64 Å². The maximum absolute atomic E-state index is 5.94. The fourth-order valence-corrected chi connectivity index (χ4v) is 2.62.